The Balaban J connectivity index is 1.80. The summed E-state index contributed by atoms with van der Waals surface area (Å²) in [6.45, 7) is 6.50. The largest absolute Gasteiger partial charge is 0.349 e. The van der Waals surface area contributed by atoms with E-state index in [0.717, 1.165) is 4.88 Å². The number of amides is 1. The molecule has 0 bridgehead atoms. The van der Waals surface area contributed by atoms with Crippen molar-refractivity contribution < 1.29 is 9.32 Å². The summed E-state index contributed by atoms with van der Waals surface area (Å²) >= 11 is 1.57. The van der Waals surface area contributed by atoms with E-state index >= 15 is 0 Å². The van der Waals surface area contributed by atoms with Crippen LogP contribution in [0.25, 0.3) is 10.7 Å². The first-order valence-corrected chi connectivity index (χ1v) is 8.70. The van der Waals surface area contributed by atoms with Gasteiger partial charge in [0.15, 0.2) is 0 Å². The van der Waals surface area contributed by atoms with Crippen molar-refractivity contribution in [1.82, 2.24) is 15.5 Å². The van der Waals surface area contributed by atoms with Crippen molar-refractivity contribution in [2.45, 2.75) is 45.6 Å². The van der Waals surface area contributed by atoms with Gasteiger partial charge < -0.3 is 15.6 Å². The number of carbonyl (C=O) groups is 1. The molecule has 1 atom stereocenters. The SMILES string of the molecule is CC(C)C(C)(CN)NC(=O)CCCc1nc(-c2cccs2)no1. The summed E-state index contributed by atoms with van der Waals surface area (Å²) in [5, 5.41) is 8.96. The Morgan fingerprint density at radius 1 is 1.52 bits per heavy atom. The first kappa shape index (κ1) is 17.6. The summed E-state index contributed by atoms with van der Waals surface area (Å²) in [7, 11) is 0. The van der Waals surface area contributed by atoms with Crippen molar-refractivity contribution >= 4 is 17.2 Å². The van der Waals surface area contributed by atoms with Gasteiger partial charge in [0.1, 0.15) is 0 Å². The van der Waals surface area contributed by atoms with E-state index in [2.05, 4.69) is 29.3 Å². The maximum absolute atomic E-state index is 12.1. The molecule has 1 amide bonds. The van der Waals surface area contributed by atoms with Crippen molar-refractivity contribution in [3.63, 3.8) is 0 Å². The second kappa shape index (κ2) is 7.70. The van der Waals surface area contributed by atoms with Gasteiger partial charge in [0.2, 0.25) is 17.6 Å². The standard InChI is InChI=1S/C16H24N4O2S/c1-11(2)16(3,10-17)19-13(21)7-4-8-14-18-15(20-22-14)12-6-5-9-23-12/h5-6,9,11H,4,7-8,10,17H2,1-3H3,(H,19,21). The van der Waals surface area contributed by atoms with Crippen LogP contribution in [0.4, 0.5) is 0 Å². The zero-order valence-corrected chi connectivity index (χ0v) is 14.7. The number of thiophene rings is 1. The van der Waals surface area contributed by atoms with Crippen molar-refractivity contribution in [2.75, 3.05) is 6.54 Å². The molecule has 6 nitrogen and oxygen atoms in total. The molecule has 2 aromatic rings. The maximum atomic E-state index is 12.1. The lowest BCUT2D eigenvalue weighted by Gasteiger charge is -2.33. The van der Waals surface area contributed by atoms with Gasteiger partial charge in [-0.15, -0.1) is 11.3 Å². The number of hydrogen-bond donors (Lipinski definition) is 2. The van der Waals surface area contributed by atoms with Gasteiger partial charge in [0.05, 0.1) is 10.4 Å². The van der Waals surface area contributed by atoms with Crippen LogP contribution in [0.1, 0.15) is 39.5 Å². The van der Waals surface area contributed by atoms with Gasteiger partial charge in [-0.25, -0.2) is 0 Å². The fourth-order valence-electron chi connectivity index (χ4n) is 2.07. The topological polar surface area (TPSA) is 94.0 Å². The van der Waals surface area contributed by atoms with E-state index in [4.69, 9.17) is 10.3 Å². The minimum atomic E-state index is -0.367. The summed E-state index contributed by atoms with van der Waals surface area (Å²) in [5.74, 6) is 1.45. The smallest absolute Gasteiger partial charge is 0.226 e. The second-order valence-electron chi connectivity index (χ2n) is 6.17. The molecule has 0 saturated heterocycles. The lowest BCUT2D eigenvalue weighted by molar-refractivity contribution is -0.123. The molecule has 0 radical (unpaired) electrons. The van der Waals surface area contributed by atoms with Crippen LogP contribution in [0.5, 0.6) is 0 Å². The highest BCUT2D eigenvalue weighted by molar-refractivity contribution is 7.13. The molecule has 0 aliphatic rings. The first-order valence-electron chi connectivity index (χ1n) is 7.82. The van der Waals surface area contributed by atoms with Crippen LogP contribution in [0.15, 0.2) is 22.0 Å². The van der Waals surface area contributed by atoms with Crippen LogP contribution in [0.2, 0.25) is 0 Å². The summed E-state index contributed by atoms with van der Waals surface area (Å²) in [6, 6.07) is 3.90. The van der Waals surface area contributed by atoms with Crippen LogP contribution in [0.3, 0.4) is 0 Å². The van der Waals surface area contributed by atoms with E-state index in [9.17, 15) is 4.79 Å². The van der Waals surface area contributed by atoms with Crippen LogP contribution in [-0.2, 0) is 11.2 Å². The predicted octanol–water partition coefficient (Wildman–Crippen LogP) is 2.61. The first-order chi connectivity index (χ1) is 10.9. The summed E-state index contributed by atoms with van der Waals surface area (Å²) in [6.07, 6.45) is 1.67. The molecule has 0 saturated carbocycles. The number of rotatable bonds is 8. The number of nitrogens with two attached hydrogens (primary N) is 1. The molecule has 7 heteroatoms. The molecular weight excluding hydrogens is 312 g/mol. The minimum Gasteiger partial charge on any atom is -0.349 e. The van der Waals surface area contributed by atoms with E-state index in [1.807, 2.05) is 24.4 Å². The Morgan fingerprint density at radius 2 is 2.30 bits per heavy atom. The number of hydrogen-bond acceptors (Lipinski definition) is 6. The molecule has 23 heavy (non-hydrogen) atoms. The number of aryl methyl sites for hydroxylation is 1. The normalized spacial score (nSPS) is 14.0. The highest BCUT2D eigenvalue weighted by Crippen LogP contribution is 2.21. The van der Waals surface area contributed by atoms with Crippen LogP contribution < -0.4 is 11.1 Å². The van der Waals surface area contributed by atoms with Crippen molar-refractivity contribution in [3.8, 4) is 10.7 Å². The highest BCUT2D eigenvalue weighted by Gasteiger charge is 2.28. The average molecular weight is 336 g/mol. The Bertz CT molecular complexity index is 624. The molecule has 0 fully saturated rings. The van der Waals surface area contributed by atoms with Gasteiger partial charge >= 0.3 is 0 Å². The average Bonchev–Trinajstić information content (AvgIpc) is 3.17. The molecule has 0 aliphatic carbocycles. The van der Waals surface area contributed by atoms with Gasteiger partial charge in [0.25, 0.3) is 0 Å². The molecule has 2 aromatic heterocycles. The van der Waals surface area contributed by atoms with E-state index in [1.165, 1.54) is 0 Å². The Hall–Kier alpha value is -1.73. The van der Waals surface area contributed by atoms with Crippen molar-refractivity contribution in [2.24, 2.45) is 11.7 Å². The van der Waals surface area contributed by atoms with Gasteiger partial charge in [-0.05, 0) is 30.7 Å². The third-order valence-corrected chi connectivity index (χ3v) is 4.99. The summed E-state index contributed by atoms with van der Waals surface area (Å²) in [4.78, 5) is 17.4. The molecule has 2 heterocycles. The van der Waals surface area contributed by atoms with Crippen LogP contribution in [0, 0.1) is 5.92 Å². The Morgan fingerprint density at radius 3 is 2.91 bits per heavy atom. The molecule has 0 spiro atoms. The van der Waals surface area contributed by atoms with Gasteiger partial charge in [-0.2, -0.15) is 4.98 Å². The molecule has 1 unspecified atom stereocenters. The van der Waals surface area contributed by atoms with E-state index in [0.29, 0.717) is 37.5 Å². The molecule has 2 rings (SSSR count). The minimum absolute atomic E-state index is 0.00430. The lowest BCUT2D eigenvalue weighted by Crippen LogP contribution is -2.54. The Labute approximate surface area is 140 Å². The Kier molecular flexibility index (Phi) is 5.90. The predicted molar refractivity (Wildman–Crippen MR) is 91.0 cm³/mol. The van der Waals surface area contributed by atoms with Crippen LogP contribution in [-0.4, -0.2) is 28.1 Å². The fourth-order valence-corrected chi connectivity index (χ4v) is 2.72. The third kappa shape index (κ3) is 4.62. The molecule has 3 N–H and O–H groups in total. The van der Waals surface area contributed by atoms with Crippen molar-refractivity contribution in [3.05, 3.63) is 23.4 Å². The van der Waals surface area contributed by atoms with Crippen LogP contribution >= 0.6 is 11.3 Å². The number of nitrogens with zero attached hydrogens (tertiary/aromatic N) is 2. The maximum Gasteiger partial charge on any atom is 0.226 e. The quantitative estimate of drug-likeness (QED) is 0.773. The van der Waals surface area contributed by atoms with Gasteiger partial charge in [0, 0.05) is 19.4 Å². The van der Waals surface area contributed by atoms with E-state index in [1.54, 1.807) is 11.3 Å². The summed E-state index contributed by atoms with van der Waals surface area (Å²) in [5.41, 5.74) is 5.41. The number of aromatic nitrogens is 2. The summed E-state index contributed by atoms with van der Waals surface area (Å²) < 4.78 is 5.22. The third-order valence-electron chi connectivity index (χ3n) is 4.13. The monoisotopic (exact) mass is 336 g/mol. The van der Waals surface area contributed by atoms with E-state index in [-0.39, 0.29) is 17.4 Å². The zero-order chi connectivity index (χ0) is 16.9. The van der Waals surface area contributed by atoms with Gasteiger partial charge in [-0.1, -0.05) is 25.1 Å². The lowest BCUT2D eigenvalue weighted by atomic mass is 9.88. The second-order valence-corrected chi connectivity index (χ2v) is 7.11. The molecule has 0 aliphatic heterocycles. The van der Waals surface area contributed by atoms with Crippen molar-refractivity contribution in [1.29, 1.82) is 0 Å². The zero-order valence-electron chi connectivity index (χ0n) is 13.8. The molecular formula is C16H24N4O2S. The number of carbonyl (C=O) groups excluding carboxylic acids is 1. The van der Waals surface area contributed by atoms with Gasteiger partial charge in [-0.3, -0.25) is 4.79 Å². The molecule has 0 aromatic carbocycles. The number of nitrogens with one attached hydrogen (secondary N) is 1. The molecule has 126 valence electrons. The van der Waals surface area contributed by atoms with E-state index < -0.39 is 0 Å². The highest BCUT2D eigenvalue weighted by atomic mass is 32.1. The fraction of sp³-hybridized carbons (Fsp3) is 0.562.